The number of nitrogens with one attached hydrogen (secondary N) is 1. The lowest BCUT2D eigenvalue weighted by atomic mass is 9.98. The minimum atomic E-state index is -3.44. The third-order valence-electron chi connectivity index (χ3n) is 4.59. The van der Waals surface area contributed by atoms with Crippen molar-refractivity contribution in [3.8, 4) is 10.6 Å². The number of piperidine rings is 1. The van der Waals surface area contributed by atoms with Crippen LogP contribution >= 0.6 is 11.3 Å². The van der Waals surface area contributed by atoms with E-state index in [1.807, 2.05) is 18.4 Å². The third kappa shape index (κ3) is 4.28. The zero-order chi connectivity index (χ0) is 17.9. The molecule has 0 bridgehead atoms. The molecule has 0 spiro atoms. The lowest BCUT2D eigenvalue weighted by molar-refractivity contribution is 0.268. The predicted molar refractivity (Wildman–Crippen MR) is 102 cm³/mol. The first-order valence-electron chi connectivity index (χ1n) is 8.74. The van der Waals surface area contributed by atoms with Crippen LogP contribution < -0.4 is 5.32 Å². The second-order valence-electron chi connectivity index (χ2n) is 6.48. The molecule has 1 fully saturated rings. The Kier molecular flexibility index (Phi) is 5.89. The van der Waals surface area contributed by atoms with Crippen LogP contribution in [-0.2, 0) is 10.0 Å². The molecule has 3 rings (SSSR count). The molecule has 1 aliphatic rings. The van der Waals surface area contributed by atoms with Crippen molar-refractivity contribution < 1.29 is 8.42 Å². The summed E-state index contributed by atoms with van der Waals surface area (Å²) in [5, 5.41) is 6.19. The summed E-state index contributed by atoms with van der Waals surface area (Å²) in [4.78, 5) is 4.82. The maximum Gasteiger partial charge on any atom is 0.243 e. The molecule has 7 heteroatoms. The van der Waals surface area contributed by atoms with Crippen LogP contribution in [0.5, 0.6) is 0 Å². The van der Waals surface area contributed by atoms with Gasteiger partial charge in [-0.2, -0.15) is 4.31 Å². The quantitative estimate of drug-likeness (QED) is 0.838. The van der Waals surface area contributed by atoms with E-state index in [1.54, 1.807) is 22.5 Å². The van der Waals surface area contributed by atoms with Gasteiger partial charge in [-0.05, 0) is 50.9 Å². The van der Waals surface area contributed by atoms with Crippen LogP contribution in [0.25, 0.3) is 10.6 Å². The smallest absolute Gasteiger partial charge is 0.243 e. The van der Waals surface area contributed by atoms with Crippen LogP contribution in [-0.4, -0.2) is 43.9 Å². The number of nitrogens with zero attached hydrogens (tertiary/aromatic N) is 2. The van der Waals surface area contributed by atoms with E-state index in [4.69, 9.17) is 0 Å². The number of aryl methyl sites for hydroxylation is 1. The zero-order valence-corrected chi connectivity index (χ0v) is 16.4. The molecular formula is C18H25N3O2S2. The van der Waals surface area contributed by atoms with Crippen LogP contribution in [0.4, 0.5) is 0 Å². The summed E-state index contributed by atoms with van der Waals surface area (Å²) >= 11 is 1.54. The molecule has 1 aromatic heterocycles. The maximum atomic E-state index is 13.0. The molecule has 1 aromatic carbocycles. The molecule has 0 saturated carbocycles. The Labute approximate surface area is 154 Å². The van der Waals surface area contributed by atoms with E-state index in [0.29, 0.717) is 23.9 Å². The molecule has 0 unspecified atom stereocenters. The van der Waals surface area contributed by atoms with Gasteiger partial charge in [-0.1, -0.05) is 19.1 Å². The maximum absolute atomic E-state index is 13.0. The largest absolute Gasteiger partial charge is 0.317 e. The van der Waals surface area contributed by atoms with Crippen molar-refractivity contribution in [3.05, 3.63) is 35.3 Å². The van der Waals surface area contributed by atoms with Crippen molar-refractivity contribution in [1.29, 1.82) is 0 Å². The number of hydrogen-bond acceptors (Lipinski definition) is 5. The normalized spacial score (nSPS) is 17.0. The van der Waals surface area contributed by atoms with Crippen molar-refractivity contribution in [3.63, 3.8) is 0 Å². The molecule has 1 saturated heterocycles. The van der Waals surface area contributed by atoms with E-state index in [2.05, 4.69) is 17.2 Å². The lowest BCUT2D eigenvalue weighted by Crippen LogP contribution is -2.40. The number of benzene rings is 1. The van der Waals surface area contributed by atoms with E-state index in [0.717, 1.165) is 42.2 Å². The molecule has 0 radical (unpaired) electrons. The van der Waals surface area contributed by atoms with Crippen LogP contribution in [0, 0.1) is 12.8 Å². The molecular weight excluding hydrogens is 354 g/mol. The van der Waals surface area contributed by atoms with E-state index >= 15 is 0 Å². The summed E-state index contributed by atoms with van der Waals surface area (Å²) in [5.41, 5.74) is 1.82. The summed E-state index contributed by atoms with van der Waals surface area (Å²) in [7, 11) is -3.44. The summed E-state index contributed by atoms with van der Waals surface area (Å²) in [5.74, 6) is 0.566. The number of thiazole rings is 1. The van der Waals surface area contributed by atoms with Gasteiger partial charge in [0.2, 0.25) is 10.0 Å². The molecule has 0 atom stereocenters. The van der Waals surface area contributed by atoms with Crippen molar-refractivity contribution >= 4 is 21.4 Å². The van der Waals surface area contributed by atoms with Gasteiger partial charge in [-0.25, -0.2) is 13.4 Å². The number of aromatic nitrogens is 1. The minimum Gasteiger partial charge on any atom is -0.317 e. The van der Waals surface area contributed by atoms with E-state index < -0.39 is 10.0 Å². The number of rotatable bonds is 6. The Morgan fingerprint density at radius 1 is 1.32 bits per heavy atom. The van der Waals surface area contributed by atoms with E-state index in [1.165, 1.54) is 11.3 Å². The van der Waals surface area contributed by atoms with Gasteiger partial charge in [0.05, 0.1) is 4.90 Å². The Morgan fingerprint density at radius 2 is 2.08 bits per heavy atom. The second kappa shape index (κ2) is 7.95. The predicted octanol–water partition coefficient (Wildman–Crippen LogP) is 3.13. The molecule has 136 valence electrons. The van der Waals surface area contributed by atoms with Crippen LogP contribution in [0.2, 0.25) is 0 Å². The standard InChI is InChI=1S/C18H25N3O2S2/c1-3-19-12-15-7-9-21(10-8-15)25(22,23)17-6-4-5-16(11-17)18-20-14(2)13-24-18/h4-6,11,13,15,19H,3,7-10,12H2,1-2H3. The number of sulfonamides is 1. The van der Waals surface area contributed by atoms with Crippen molar-refractivity contribution in [2.24, 2.45) is 5.92 Å². The zero-order valence-electron chi connectivity index (χ0n) is 14.7. The van der Waals surface area contributed by atoms with Crippen LogP contribution in [0.3, 0.4) is 0 Å². The Bertz CT molecular complexity index is 809. The average molecular weight is 380 g/mol. The van der Waals surface area contributed by atoms with Crippen molar-refractivity contribution in [2.75, 3.05) is 26.2 Å². The van der Waals surface area contributed by atoms with Gasteiger partial charge < -0.3 is 5.32 Å². The highest BCUT2D eigenvalue weighted by atomic mass is 32.2. The topological polar surface area (TPSA) is 62.3 Å². The van der Waals surface area contributed by atoms with Gasteiger partial charge in [0.25, 0.3) is 0 Å². The van der Waals surface area contributed by atoms with Gasteiger partial charge in [0.1, 0.15) is 5.01 Å². The van der Waals surface area contributed by atoms with Crippen LogP contribution in [0.15, 0.2) is 34.5 Å². The molecule has 2 aromatic rings. The molecule has 0 aliphatic carbocycles. The fourth-order valence-corrected chi connectivity index (χ4v) is 5.44. The summed E-state index contributed by atoms with van der Waals surface area (Å²) in [6, 6.07) is 7.15. The Morgan fingerprint density at radius 3 is 2.72 bits per heavy atom. The lowest BCUT2D eigenvalue weighted by Gasteiger charge is -2.31. The van der Waals surface area contributed by atoms with Gasteiger partial charge in [0.15, 0.2) is 0 Å². The first kappa shape index (κ1) is 18.5. The van der Waals surface area contributed by atoms with Gasteiger partial charge in [-0.3, -0.25) is 0 Å². The van der Waals surface area contributed by atoms with Gasteiger partial charge >= 0.3 is 0 Å². The fraction of sp³-hybridized carbons (Fsp3) is 0.500. The monoisotopic (exact) mass is 379 g/mol. The second-order valence-corrected chi connectivity index (χ2v) is 9.27. The molecule has 0 amide bonds. The molecule has 2 heterocycles. The highest BCUT2D eigenvalue weighted by Crippen LogP contribution is 2.28. The summed E-state index contributed by atoms with van der Waals surface area (Å²) < 4.78 is 27.6. The molecule has 25 heavy (non-hydrogen) atoms. The van der Waals surface area contributed by atoms with Crippen molar-refractivity contribution in [2.45, 2.75) is 31.6 Å². The van der Waals surface area contributed by atoms with E-state index in [9.17, 15) is 8.42 Å². The Hall–Kier alpha value is -1.28. The first-order chi connectivity index (χ1) is 12.0. The number of hydrogen-bond donors (Lipinski definition) is 1. The molecule has 1 N–H and O–H groups in total. The third-order valence-corrected chi connectivity index (χ3v) is 7.50. The van der Waals surface area contributed by atoms with E-state index in [-0.39, 0.29) is 0 Å². The first-order valence-corrected chi connectivity index (χ1v) is 11.1. The minimum absolute atomic E-state index is 0.364. The van der Waals surface area contributed by atoms with Gasteiger partial charge in [-0.15, -0.1) is 11.3 Å². The van der Waals surface area contributed by atoms with Crippen LogP contribution in [0.1, 0.15) is 25.5 Å². The highest BCUT2D eigenvalue weighted by molar-refractivity contribution is 7.89. The summed E-state index contributed by atoms with van der Waals surface area (Å²) in [6.07, 6.45) is 1.83. The fourth-order valence-electron chi connectivity index (χ4n) is 3.13. The SMILES string of the molecule is CCNCC1CCN(S(=O)(=O)c2cccc(-c3nc(C)cs3)c2)CC1. The highest BCUT2D eigenvalue weighted by Gasteiger charge is 2.29. The Balaban J connectivity index is 1.75. The van der Waals surface area contributed by atoms with Gasteiger partial charge in [0, 0.05) is 29.7 Å². The molecule has 1 aliphatic heterocycles. The average Bonchev–Trinajstić information content (AvgIpc) is 3.07. The van der Waals surface area contributed by atoms with Crippen molar-refractivity contribution in [1.82, 2.24) is 14.6 Å². The molecule has 5 nitrogen and oxygen atoms in total. The summed E-state index contributed by atoms with van der Waals surface area (Å²) in [6.45, 7) is 7.16.